The van der Waals surface area contributed by atoms with Gasteiger partial charge in [-0.1, -0.05) is 55.4 Å². The summed E-state index contributed by atoms with van der Waals surface area (Å²) in [5.41, 5.74) is -2.12. The van der Waals surface area contributed by atoms with Crippen molar-refractivity contribution in [2.24, 2.45) is 11.8 Å². The van der Waals surface area contributed by atoms with Gasteiger partial charge in [0.15, 0.2) is 0 Å². The smallest absolute Gasteiger partial charge is 0.309 e. The number of hydrogen-bond donors (Lipinski definition) is 4. The molecule has 154 valence electrons. The summed E-state index contributed by atoms with van der Waals surface area (Å²) < 4.78 is 0. The molecule has 6 nitrogen and oxygen atoms in total. The molecule has 0 bridgehead atoms. The number of carbonyl (C=O) groups excluding carboxylic acids is 2. The monoisotopic (exact) mass is 372 g/mol. The highest BCUT2D eigenvalue weighted by Gasteiger charge is 2.40. The molecule has 0 aliphatic rings. The first kappa shape index (κ1) is 24.9. The third-order valence-electron chi connectivity index (χ3n) is 5.72. The van der Waals surface area contributed by atoms with E-state index in [-0.39, 0.29) is 11.8 Å². The minimum absolute atomic E-state index is 0.0271. The molecule has 0 fully saturated rings. The molecular weight excluding hydrogens is 332 g/mol. The maximum atomic E-state index is 12.5. The summed E-state index contributed by atoms with van der Waals surface area (Å²) in [6.45, 7) is 15.1. The molecule has 26 heavy (non-hydrogen) atoms. The maximum absolute atomic E-state index is 12.5. The van der Waals surface area contributed by atoms with Crippen molar-refractivity contribution in [1.82, 2.24) is 10.6 Å². The van der Waals surface area contributed by atoms with E-state index in [4.69, 9.17) is 0 Å². The number of carbonyl (C=O) groups is 2. The Morgan fingerprint density at radius 2 is 0.923 bits per heavy atom. The average molecular weight is 373 g/mol. The molecule has 0 aromatic carbocycles. The van der Waals surface area contributed by atoms with Crippen LogP contribution in [0, 0.1) is 11.8 Å². The molecule has 0 saturated carbocycles. The quantitative estimate of drug-likeness (QED) is 0.443. The zero-order valence-electron chi connectivity index (χ0n) is 17.8. The van der Waals surface area contributed by atoms with E-state index in [0.29, 0.717) is 25.7 Å². The number of amides is 2. The van der Waals surface area contributed by atoms with Crippen molar-refractivity contribution < 1.29 is 19.8 Å². The van der Waals surface area contributed by atoms with E-state index in [2.05, 4.69) is 10.6 Å². The van der Waals surface area contributed by atoms with Gasteiger partial charge in [0.25, 0.3) is 0 Å². The zero-order valence-corrected chi connectivity index (χ0v) is 17.8. The van der Waals surface area contributed by atoms with Crippen molar-refractivity contribution in [3.05, 3.63) is 0 Å². The van der Waals surface area contributed by atoms with Crippen molar-refractivity contribution in [2.75, 3.05) is 0 Å². The molecule has 0 rings (SSSR count). The van der Waals surface area contributed by atoms with Gasteiger partial charge in [0.1, 0.15) is 0 Å². The van der Waals surface area contributed by atoms with Gasteiger partial charge in [0.05, 0.1) is 23.3 Å². The van der Waals surface area contributed by atoms with E-state index in [1.807, 2.05) is 55.4 Å². The van der Waals surface area contributed by atoms with Gasteiger partial charge in [-0.2, -0.15) is 0 Å². The summed E-state index contributed by atoms with van der Waals surface area (Å²) in [4.78, 5) is 25.0. The summed E-state index contributed by atoms with van der Waals surface area (Å²) >= 11 is 0. The highest BCUT2D eigenvalue weighted by atomic mass is 16.3. The molecule has 0 aliphatic heterocycles. The summed E-state index contributed by atoms with van der Waals surface area (Å²) in [6, 6.07) is -1.05. The fraction of sp³-hybridized carbons (Fsp3) is 0.900. The first-order valence-electron chi connectivity index (χ1n) is 9.98. The van der Waals surface area contributed by atoms with Crippen LogP contribution in [0.4, 0.5) is 0 Å². The maximum Gasteiger partial charge on any atom is 0.309 e. The largest absolute Gasteiger partial charge is 0.388 e. The fourth-order valence-corrected chi connectivity index (χ4v) is 3.64. The number of rotatable bonds is 10. The lowest BCUT2D eigenvalue weighted by Gasteiger charge is -2.39. The van der Waals surface area contributed by atoms with Gasteiger partial charge in [-0.3, -0.25) is 9.59 Å². The SMILES string of the molecule is CCC(O)(CC)[C@H](NC(=O)C(=O)N[C@H](C(C)C)C(O)(CC)CC)C(C)C. The third-order valence-corrected chi connectivity index (χ3v) is 5.72. The molecule has 0 spiro atoms. The molecule has 2 amide bonds. The Bertz CT molecular complexity index is 413. The lowest BCUT2D eigenvalue weighted by atomic mass is 9.81. The van der Waals surface area contributed by atoms with Crippen LogP contribution in [0.2, 0.25) is 0 Å². The van der Waals surface area contributed by atoms with Crippen LogP contribution in [-0.2, 0) is 9.59 Å². The van der Waals surface area contributed by atoms with Gasteiger partial charge in [-0.05, 0) is 37.5 Å². The first-order chi connectivity index (χ1) is 11.9. The predicted octanol–water partition coefficient (Wildman–Crippen LogP) is 2.37. The van der Waals surface area contributed by atoms with Crippen LogP contribution in [0.15, 0.2) is 0 Å². The van der Waals surface area contributed by atoms with Crippen LogP contribution in [0.3, 0.4) is 0 Å². The minimum atomic E-state index is -1.06. The second kappa shape index (κ2) is 10.3. The van der Waals surface area contributed by atoms with Crippen molar-refractivity contribution in [2.45, 2.75) is 104 Å². The van der Waals surface area contributed by atoms with E-state index in [0.717, 1.165) is 0 Å². The Hall–Kier alpha value is -1.14. The summed E-state index contributed by atoms with van der Waals surface area (Å²) in [5, 5.41) is 27.0. The Balaban J connectivity index is 5.33. The molecule has 0 aromatic rings. The number of hydrogen-bond acceptors (Lipinski definition) is 4. The molecule has 0 unspecified atom stereocenters. The molecule has 2 atom stereocenters. The molecule has 4 N–H and O–H groups in total. The highest BCUT2D eigenvalue weighted by molar-refractivity contribution is 6.35. The Labute approximate surface area is 159 Å². The molecular formula is C20H40N2O4. The van der Waals surface area contributed by atoms with Gasteiger partial charge in [0, 0.05) is 0 Å². The normalized spacial score (nSPS) is 15.1. The molecule has 0 heterocycles. The summed E-state index contributed by atoms with van der Waals surface area (Å²) in [6.07, 6.45) is 1.92. The van der Waals surface area contributed by atoms with Crippen LogP contribution >= 0.6 is 0 Å². The Morgan fingerprint density at radius 3 is 1.08 bits per heavy atom. The van der Waals surface area contributed by atoms with Crippen molar-refractivity contribution >= 4 is 11.8 Å². The van der Waals surface area contributed by atoms with Crippen molar-refractivity contribution in [3.8, 4) is 0 Å². The Morgan fingerprint density at radius 1 is 0.692 bits per heavy atom. The number of aliphatic hydroxyl groups is 2. The first-order valence-corrected chi connectivity index (χ1v) is 9.98. The van der Waals surface area contributed by atoms with Crippen molar-refractivity contribution in [3.63, 3.8) is 0 Å². The van der Waals surface area contributed by atoms with Gasteiger partial charge >= 0.3 is 11.8 Å². The van der Waals surface area contributed by atoms with Crippen LogP contribution in [0.5, 0.6) is 0 Å². The molecule has 6 heteroatoms. The van der Waals surface area contributed by atoms with Gasteiger partial charge in [-0.15, -0.1) is 0 Å². The van der Waals surface area contributed by atoms with Crippen LogP contribution < -0.4 is 10.6 Å². The van der Waals surface area contributed by atoms with E-state index >= 15 is 0 Å². The molecule has 0 aliphatic carbocycles. The summed E-state index contributed by atoms with van der Waals surface area (Å²) in [5.74, 6) is -1.60. The molecule has 0 aromatic heterocycles. The zero-order chi connectivity index (χ0) is 20.7. The summed E-state index contributed by atoms with van der Waals surface area (Å²) in [7, 11) is 0. The van der Waals surface area contributed by atoms with E-state index in [1.165, 1.54) is 0 Å². The third kappa shape index (κ3) is 5.95. The van der Waals surface area contributed by atoms with E-state index < -0.39 is 35.1 Å². The second-order valence-corrected chi connectivity index (χ2v) is 8.01. The lowest BCUT2D eigenvalue weighted by Crippen LogP contribution is -2.61. The van der Waals surface area contributed by atoms with Gasteiger partial charge < -0.3 is 20.8 Å². The van der Waals surface area contributed by atoms with Crippen LogP contribution in [0.1, 0.15) is 81.1 Å². The Kier molecular flexibility index (Phi) is 9.81. The standard InChI is InChI=1S/C20H40N2O4/c1-9-19(25,10-2)15(13(5)6)21-17(23)18(24)22-16(14(7)8)20(26,11-3)12-4/h13-16,25-26H,9-12H2,1-8H3,(H,21,23)(H,22,24)/t15-,16-/m1/s1. The van der Waals surface area contributed by atoms with E-state index in [9.17, 15) is 19.8 Å². The average Bonchev–Trinajstić information content (AvgIpc) is 2.61. The van der Waals surface area contributed by atoms with Crippen LogP contribution in [0.25, 0.3) is 0 Å². The van der Waals surface area contributed by atoms with Crippen LogP contribution in [-0.4, -0.2) is 45.3 Å². The number of nitrogens with one attached hydrogen (secondary N) is 2. The second-order valence-electron chi connectivity index (χ2n) is 8.01. The van der Waals surface area contributed by atoms with E-state index in [1.54, 1.807) is 0 Å². The highest BCUT2D eigenvalue weighted by Crippen LogP contribution is 2.26. The van der Waals surface area contributed by atoms with Gasteiger partial charge in [-0.25, -0.2) is 0 Å². The minimum Gasteiger partial charge on any atom is -0.388 e. The van der Waals surface area contributed by atoms with Gasteiger partial charge in [0.2, 0.25) is 0 Å². The lowest BCUT2D eigenvalue weighted by molar-refractivity contribution is -0.143. The molecule has 0 saturated heterocycles. The predicted molar refractivity (Wildman–Crippen MR) is 105 cm³/mol. The topological polar surface area (TPSA) is 98.7 Å². The fourth-order valence-electron chi connectivity index (χ4n) is 3.64. The van der Waals surface area contributed by atoms with Crippen molar-refractivity contribution in [1.29, 1.82) is 0 Å². The molecule has 0 radical (unpaired) electrons.